The highest BCUT2D eigenvalue weighted by Crippen LogP contribution is 2.27. The van der Waals surface area contributed by atoms with Crippen molar-refractivity contribution >= 4 is 68.8 Å². The molecule has 0 aliphatic heterocycles. The first-order valence-electron chi connectivity index (χ1n) is 5.67. The third-order valence-electron chi connectivity index (χ3n) is 2.41. The van der Waals surface area contributed by atoms with Crippen LogP contribution in [0.5, 0.6) is 0 Å². The van der Waals surface area contributed by atoms with Gasteiger partial charge in [0.15, 0.2) is 0 Å². The Labute approximate surface area is 153 Å². The molecule has 0 aliphatic rings. The number of carbonyl (C=O) groups excluding carboxylic acids is 2. The van der Waals surface area contributed by atoms with Gasteiger partial charge < -0.3 is 19.9 Å². The number of aromatic carboxylic acids is 1. The smallest absolute Gasteiger partial charge is 0.354 e. The molecule has 0 aromatic heterocycles. The minimum Gasteiger partial charge on any atom is -0.478 e. The van der Waals surface area contributed by atoms with E-state index in [9.17, 15) is 19.5 Å². The molecule has 1 rings (SSSR count). The third-order valence-corrected chi connectivity index (χ3v) is 3.89. The third kappa shape index (κ3) is 4.83. The number of methoxy groups -OCH3 is 2. The maximum Gasteiger partial charge on any atom is 0.354 e. The highest BCUT2D eigenvalue weighted by molar-refractivity contribution is 14.1. The van der Waals surface area contributed by atoms with Crippen molar-refractivity contribution in [2.24, 2.45) is 0 Å². The van der Waals surface area contributed by atoms with Gasteiger partial charge in [-0.05, 0) is 57.3 Å². The van der Waals surface area contributed by atoms with Crippen molar-refractivity contribution in [3.05, 3.63) is 36.6 Å². The fourth-order valence-corrected chi connectivity index (χ4v) is 3.42. The van der Waals surface area contributed by atoms with Crippen LogP contribution in [0.1, 0.15) is 10.4 Å². The fourth-order valence-electron chi connectivity index (χ4n) is 1.44. The molecule has 0 amide bonds. The number of ether oxygens (including phenoxy) is 2. The molecule has 1 aromatic rings. The van der Waals surface area contributed by atoms with Crippen LogP contribution in [-0.4, -0.2) is 37.2 Å². The molecule has 0 radical (unpaired) electrons. The number of nitrogens with one attached hydrogen (secondary N) is 1. The van der Waals surface area contributed by atoms with Crippen molar-refractivity contribution in [3.63, 3.8) is 0 Å². The van der Waals surface area contributed by atoms with Gasteiger partial charge in [-0.3, -0.25) is 0 Å². The number of hydrogen-bond donors (Lipinski definition) is 2. The fraction of sp³-hybridized carbons (Fsp3) is 0.154. The van der Waals surface area contributed by atoms with Crippen LogP contribution in [0.2, 0.25) is 0 Å². The van der Waals surface area contributed by atoms with Crippen LogP contribution in [-0.2, 0) is 19.1 Å². The Morgan fingerprint density at radius 1 is 1.18 bits per heavy atom. The predicted octanol–water partition coefficient (Wildman–Crippen LogP) is 2.24. The Bertz CT molecular complexity index is 656. The highest BCUT2D eigenvalue weighted by Gasteiger charge is 2.19. The van der Waals surface area contributed by atoms with Gasteiger partial charge >= 0.3 is 17.9 Å². The van der Waals surface area contributed by atoms with Crippen LogP contribution in [0.3, 0.4) is 0 Å². The zero-order valence-electron chi connectivity index (χ0n) is 11.5. The second-order valence-electron chi connectivity index (χ2n) is 3.81. The second-order valence-corrected chi connectivity index (χ2v) is 6.22. The maximum atomic E-state index is 11.7. The van der Waals surface area contributed by atoms with Gasteiger partial charge in [-0.1, -0.05) is 0 Å². The standard InChI is InChI=1S/C13H11I2NO6/c1-21-10(17)5-9(13(20)22-2)16-11-7(12(18)19)3-6(14)4-8(11)15/h3-5,16H,1-2H3,(H,18,19)/b9-5+. The lowest BCUT2D eigenvalue weighted by atomic mass is 10.1. The molecule has 22 heavy (non-hydrogen) atoms. The van der Waals surface area contributed by atoms with Gasteiger partial charge in [-0.25, -0.2) is 14.4 Å². The molecular formula is C13H11I2NO6. The average molecular weight is 531 g/mol. The summed E-state index contributed by atoms with van der Waals surface area (Å²) in [7, 11) is 2.30. The van der Waals surface area contributed by atoms with E-state index in [4.69, 9.17) is 0 Å². The zero-order valence-corrected chi connectivity index (χ0v) is 15.8. The molecule has 118 valence electrons. The average Bonchev–Trinajstić information content (AvgIpc) is 2.47. The molecule has 0 spiro atoms. The van der Waals surface area contributed by atoms with Crippen molar-refractivity contribution in [2.45, 2.75) is 0 Å². The lowest BCUT2D eigenvalue weighted by Gasteiger charge is -2.14. The van der Waals surface area contributed by atoms with Gasteiger partial charge in [0.05, 0.1) is 31.5 Å². The van der Waals surface area contributed by atoms with Gasteiger partial charge in [-0.15, -0.1) is 0 Å². The number of carboxylic acids is 1. The largest absolute Gasteiger partial charge is 0.478 e. The number of rotatable bonds is 5. The quantitative estimate of drug-likeness (QED) is 0.342. The molecule has 0 aliphatic carbocycles. The first-order chi connectivity index (χ1) is 10.3. The number of hydrogen-bond acceptors (Lipinski definition) is 6. The number of esters is 2. The molecule has 0 bridgehead atoms. The summed E-state index contributed by atoms with van der Waals surface area (Å²) >= 11 is 3.92. The van der Waals surface area contributed by atoms with Gasteiger partial charge in [0, 0.05) is 7.14 Å². The minimum absolute atomic E-state index is 0.0315. The zero-order chi connectivity index (χ0) is 16.9. The molecule has 0 unspecified atom stereocenters. The number of carboxylic acid groups (broad SMARTS) is 1. The summed E-state index contributed by atoms with van der Waals surface area (Å²) in [4.78, 5) is 34.4. The second kappa shape index (κ2) is 8.31. The predicted molar refractivity (Wildman–Crippen MR) is 94.6 cm³/mol. The van der Waals surface area contributed by atoms with Crippen LogP contribution in [0.4, 0.5) is 5.69 Å². The number of anilines is 1. The van der Waals surface area contributed by atoms with Crippen molar-refractivity contribution in [1.29, 1.82) is 0 Å². The molecule has 0 heterocycles. The lowest BCUT2D eigenvalue weighted by Crippen LogP contribution is -2.18. The van der Waals surface area contributed by atoms with Gasteiger partial charge in [0.25, 0.3) is 0 Å². The van der Waals surface area contributed by atoms with Crippen molar-refractivity contribution in [2.75, 3.05) is 19.5 Å². The lowest BCUT2D eigenvalue weighted by molar-refractivity contribution is -0.138. The van der Waals surface area contributed by atoms with E-state index >= 15 is 0 Å². The topological polar surface area (TPSA) is 102 Å². The van der Waals surface area contributed by atoms with Gasteiger partial charge in [-0.2, -0.15) is 0 Å². The normalized spacial score (nSPS) is 10.8. The Morgan fingerprint density at radius 2 is 1.82 bits per heavy atom. The summed E-state index contributed by atoms with van der Waals surface area (Å²) < 4.78 is 10.3. The van der Waals surface area contributed by atoms with Crippen molar-refractivity contribution < 1.29 is 29.0 Å². The molecule has 0 fully saturated rings. The number of benzene rings is 1. The summed E-state index contributed by atoms with van der Waals surface area (Å²) in [6.07, 6.45) is 0.894. The Kier molecular flexibility index (Phi) is 7.06. The summed E-state index contributed by atoms with van der Waals surface area (Å²) in [6, 6.07) is 3.17. The minimum atomic E-state index is -1.17. The van der Waals surface area contributed by atoms with E-state index in [0.717, 1.165) is 23.9 Å². The first kappa shape index (κ1) is 18.7. The SMILES string of the molecule is COC(=O)/C=C(/Nc1c(I)cc(I)cc1C(=O)O)C(=O)OC. The molecular weight excluding hydrogens is 520 g/mol. The molecule has 2 N–H and O–H groups in total. The summed E-state index contributed by atoms with van der Waals surface area (Å²) in [5.74, 6) is -2.76. The van der Waals surface area contributed by atoms with Crippen LogP contribution >= 0.6 is 45.2 Å². The monoisotopic (exact) mass is 531 g/mol. The number of halogens is 2. The molecule has 0 saturated carbocycles. The Balaban J connectivity index is 3.35. The van der Waals surface area contributed by atoms with Gasteiger partial charge in [0.1, 0.15) is 5.70 Å². The molecule has 1 aromatic carbocycles. The summed E-state index contributed by atoms with van der Waals surface area (Å²) in [5.41, 5.74) is -0.0685. The van der Waals surface area contributed by atoms with E-state index in [-0.39, 0.29) is 16.9 Å². The van der Waals surface area contributed by atoms with Crippen LogP contribution < -0.4 is 5.32 Å². The Hall–Kier alpha value is -1.37. The van der Waals surface area contributed by atoms with Gasteiger partial charge in [0.2, 0.25) is 0 Å². The number of carbonyl (C=O) groups is 3. The van der Waals surface area contributed by atoms with E-state index < -0.39 is 17.9 Å². The Morgan fingerprint density at radius 3 is 2.32 bits per heavy atom. The first-order valence-corrected chi connectivity index (χ1v) is 7.83. The van der Waals surface area contributed by atoms with Crippen molar-refractivity contribution in [3.8, 4) is 0 Å². The maximum absolute atomic E-state index is 11.7. The van der Waals surface area contributed by atoms with Crippen LogP contribution in [0.15, 0.2) is 23.9 Å². The highest BCUT2D eigenvalue weighted by atomic mass is 127. The molecule has 0 saturated heterocycles. The van der Waals surface area contributed by atoms with Crippen molar-refractivity contribution in [1.82, 2.24) is 0 Å². The van der Waals surface area contributed by atoms with E-state index in [1.165, 1.54) is 6.07 Å². The van der Waals surface area contributed by atoms with Crippen LogP contribution in [0, 0.1) is 7.14 Å². The summed E-state index contributed by atoms with van der Waals surface area (Å²) in [6.45, 7) is 0. The molecule has 0 atom stereocenters. The molecule has 9 heteroatoms. The van der Waals surface area contributed by atoms with E-state index in [2.05, 4.69) is 14.8 Å². The van der Waals surface area contributed by atoms with Crippen LogP contribution in [0.25, 0.3) is 0 Å². The van der Waals surface area contributed by atoms with E-state index in [1.807, 2.05) is 45.2 Å². The van der Waals surface area contributed by atoms with E-state index in [0.29, 0.717) is 3.57 Å². The molecule has 7 nitrogen and oxygen atoms in total. The van der Waals surface area contributed by atoms with E-state index in [1.54, 1.807) is 6.07 Å². The summed E-state index contributed by atoms with van der Waals surface area (Å²) in [5, 5.41) is 11.9.